The molecule has 90 valence electrons. The Morgan fingerprint density at radius 3 is 2.75 bits per heavy atom. The van der Waals surface area contributed by atoms with Crippen LogP contribution in [0.2, 0.25) is 5.02 Å². The highest BCUT2D eigenvalue weighted by Crippen LogP contribution is 2.24. The Hall–Kier alpha value is -0.840. The second-order valence-corrected chi connectivity index (χ2v) is 3.46. The predicted molar refractivity (Wildman–Crippen MR) is 62.2 cm³/mol. The first kappa shape index (κ1) is 15.2. The van der Waals surface area contributed by atoms with E-state index in [1.807, 2.05) is 0 Å². The van der Waals surface area contributed by atoms with Crippen molar-refractivity contribution in [2.24, 2.45) is 5.73 Å². The lowest BCUT2D eigenvalue weighted by atomic mass is 10.0. The van der Waals surface area contributed by atoms with Crippen LogP contribution < -0.4 is 5.73 Å². The minimum atomic E-state index is -0.578. The first-order chi connectivity index (χ1) is 7.04. The Morgan fingerprint density at radius 1 is 1.62 bits per heavy atom. The molecule has 1 rings (SSSR count). The Kier molecular flexibility index (Phi) is 6.33. The van der Waals surface area contributed by atoms with Crippen LogP contribution >= 0.6 is 24.0 Å². The Labute approximate surface area is 104 Å². The molecule has 3 nitrogen and oxygen atoms in total. The maximum Gasteiger partial charge on any atom is 0.307 e. The lowest BCUT2D eigenvalue weighted by molar-refractivity contribution is -0.141. The second-order valence-electron chi connectivity index (χ2n) is 3.05. The number of methoxy groups -OCH3 is 1. The lowest BCUT2D eigenvalue weighted by Gasteiger charge is -2.12. The van der Waals surface area contributed by atoms with Gasteiger partial charge in [-0.25, -0.2) is 4.39 Å². The van der Waals surface area contributed by atoms with Crippen molar-refractivity contribution in [2.45, 2.75) is 12.5 Å². The molecule has 0 saturated heterocycles. The van der Waals surface area contributed by atoms with Crippen LogP contribution in [0.25, 0.3) is 0 Å². The first-order valence-electron chi connectivity index (χ1n) is 4.32. The smallest absolute Gasteiger partial charge is 0.307 e. The highest BCUT2D eigenvalue weighted by molar-refractivity contribution is 6.31. The van der Waals surface area contributed by atoms with Gasteiger partial charge >= 0.3 is 5.97 Å². The Balaban J connectivity index is 0.00000225. The Morgan fingerprint density at radius 2 is 2.25 bits per heavy atom. The molecule has 1 atom stereocenters. The summed E-state index contributed by atoms with van der Waals surface area (Å²) >= 11 is 5.78. The molecular weight excluding hydrogens is 256 g/mol. The number of hydrogen-bond acceptors (Lipinski definition) is 3. The summed E-state index contributed by atoms with van der Waals surface area (Å²) in [5.74, 6) is -0.864. The van der Waals surface area contributed by atoms with Gasteiger partial charge in [-0.3, -0.25) is 4.79 Å². The van der Waals surface area contributed by atoms with Gasteiger partial charge in [-0.15, -0.1) is 12.4 Å². The van der Waals surface area contributed by atoms with Crippen LogP contribution in [0.4, 0.5) is 4.39 Å². The van der Waals surface area contributed by atoms with Gasteiger partial charge in [-0.2, -0.15) is 0 Å². The van der Waals surface area contributed by atoms with Crippen LogP contribution in [-0.2, 0) is 9.53 Å². The summed E-state index contributed by atoms with van der Waals surface area (Å²) in [5, 5.41) is 0.214. The van der Waals surface area contributed by atoms with Crippen molar-refractivity contribution in [3.8, 4) is 0 Å². The van der Waals surface area contributed by atoms with E-state index >= 15 is 0 Å². The molecule has 0 heterocycles. The maximum atomic E-state index is 12.7. The van der Waals surface area contributed by atoms with Crippen LogP contribution in [0.1, 0.15) is 18.0 Å². The number of carbonyl (C=O) groups is 1. The molecule has 2 N–H and O–H groups in total. The van der Waals surface area contributed by atoms with E-state index in [1.165, 1.54) is 19.2 Å². The van der Waals surface area contributed by atoms with Crippen LogP contribution in [0.15, 0.2) is 18.2 Å². The fourth-order valence-electron chi connectivity index (χ4n) is 1.18. The molecule has 0 aliphatic rings. The zero-order valence-corrected chi connectivity index (χ0v) is 10.1. The average Bonchev–Trinajstić information content (AvgIpc) is 2.17. The predicted octanol–water partition coefficient (Wildman–Crippen LogP) is 2.46. The minimum absolute atomic E-state index is 0. The molecule has 0 aliphatic carbocycles. The van der Waals surface area contributed by atoms with Crippen molar-refractivity contribution in [3.63, 3.8) is 0 Å². The van der Waals surface area contributed by atoms with Gasteiger partial charge in [0.25, 0.3) is 0 Å². The molecule has 1 aromatic rings. The fraction of sp³-hybridized carbons (Fsp3) is 0.300. The van der Waals surface area contributed by atoms with Gasteiger partial charge in [0.15, 0.2) is 0 Å². The standard InChI is InChI=1S/C10H11ClFNO2.ClH/c1-15-10(14)5-9(13)7-3-2-6(12)4-8(7)11;/h2-4,9H,5,13H2,1H3;1H/t9-;/m1./s1. The molecule has 0 fully saturated rings. The van der Waals surface area contributed by atoms with E-state index < -0.39 is 17.8 Å². The maximum absolute atomic E-state index is 12.7. The number of hydrogen-bond donors (Lipinski definition) is 1. The number of ether oxygens (including phenoxy) is 1. The molecular formula is C10H12Cl2FNO2. The number of halogens is 3. The highest BCUT2D eigenvalue weighted by atomic mass is 35.5. The van der Waals surface area contributed by atoms with Crippen LogP contribution in [0, 0.1) is 5.82 Å². The SMILES string of the molecule is COC(=O)C[C@@H](N)c1ccc(F)cc1Cl.Cl. The first-order valence-corrected chi connectivity index (χ1v) is 4.69. The zero-order chi connectivity index (χ0) is 11.4. The van der Waals surface area contributed by atoms with Crippen LogP contribution in [-0.4, -0.2) is 13.1 Å². The van der Waals surface area contributed by atoms with E-state index in [1.54, 1.807) is 0 Å². The summed E-state index contributed by atoms with van der Waals surface area (Å²) in [7, 11) is 1.28. The van der Waals surface area contributed by atoms with Crippen LogP contribution in [0.3, 0.4) is 0 Å². The summed E-state index contributed by atoms with van der Waals surface area (Å²) in [6.45, 7) is 0. The van der Waals surface area contributed by atoms with Crippen LogP contribution in [0.5, 0.6) is 0 Å². The van der Waals surface area contributed by atoms with E-state index in [0.29, 0.717) is 5.56 Å². The van der Waals surface area contributed by atoms with Crippen molar-refractivity contribution < 1.29 is 13.9 Å². The summed E-state index contributed by atoms with van der Waals surface area (Å²) in [6, 6.07) is 3.29. The largest absolute Gasteiger partial charge is 0.469 e. The number of rotatable bonds is 3. The Bertz CT molecular complexity index is 374. The van der Waals surface area contributed by atoms with Crippen molar-refractivity contribution in [2.75, 3.05) is 7.11 Å². The minimum Gasteiger partial charge on any atom is -0.469 e. The monoisotopic (exact) mass is 267 g/mol. The number of esters is 1. The third-order valence-electron chi connectivity index (χ3n) is 1.98. The number of carbonyl (C=O) groups excluding carboxylic acids is 1. The quantitative estimate of drug-likeness (QED) is 0.857. The van der Waals surface area contributed by atoms with E-state index in [9.17, 15) is 9.18 Å². The molecule has 0 aromatic heterocycles. The molecule has 0 amide bonds. The summed E-state index contributed by atoms with van der Waals surface area (Å²) < 4.78 is 17.2. The number of benzene rings is 1. The van der Waals surface area contributed by atoms with Gasteiger partial charge in [-0.1, -0.05) is 17.7 Å². The summed E-state index contributed by atoms with van der Waals surface area (Å²) in [5.41, 5.74) is 6.25. The third kappa shape index (κ3) is 3.96. The summed E-state index contributed by atoms with van der Waals surface area (Å²) in [6.07, 6.45) is 0.0157. The second kappa shape index (κ2) is 6.68. The number of nitrogens with two attached hydrogens (primary N) is 1. The third-order valence-corrected chi connectivity index (χ3v) is 2.30. The lowest BCUT2D eigenvalue weighted by Crippen LogP contribution is -2.16. The van der Waals surface area contributed by atoms with E-state index in [-0.39, 0.29) is 23.9 Å². The van der Waals surface area contributed by atoms with Crippen molar-refractivity contribution >= 4 is 30.0 Å². The van der Waals surface area contributed by atoms with E-state index in [2.05, 4.69) is 4.74 Å². The van der Waals surface area contributed by atoms with Crippen molar-refractivity contribution in [1.82, 2.24) is 0 Å². The van der Waals surface area contributed by atoms with Gasteiger partial charge in [0.2, 0.25) is 0 Å². The molecule has 0 bridgehead atoms. The molecule has 0 aliphatic heterocycles. The van der Waals surface area contributed by atoms with E-state index in [4.69, 9.17) is 17.3 Å². The zero-order valence-electron chi connectivity index (χ0n) is 8.57. The molecule has 6 heteroatoms. The molecule has 0 unspecified atom stereocenters. The molecule has 0 radical (unpaired) electrons. The van der Waals surface area contributed by atoms with Gasteiger partial charge in [0.05, 0.1) is 13.5 Å². The average molecular weight is 268 g/mol. The normalized spacial score (nSPS) is 11.5. The van der Waals surface area contributed by atoms with Gasteiger partial charge in [0.1, 0.15) is 5.82 Å². The molecule has 16 heavy (non-hydrogen) atoms. The molecule has 1 aromatic carbocycles. The molecule has 0 saturated carbocycles. The summed E-state index contributed by atoms with van der Waals surface area (Å²) in [4.78, 5) is 11.0. The van der Waals surface area contributed by atoms with Crippen molar-refractivity contribution in [3.05, 3.63) is 34.6 Å². The highest BCUT2D eigenvalue weighted by Gasteiger charge is 2.15. The van der Waals surface area contributed by atoms with Gasteiger partial charge in [0, 0.05) is 11.1 Å². The fourth-order valence-corrected chi connectivity index (χ4v) is 1.48. The topological polar surface area (TPSA) is 52.3 Å². The van der Waals surface area contributed by atoms with E-state index in [0.717, 1.165) is 6.07 Å². The van der Waals surface area contributed by atoms with Gasteiger partial charge < -0.3 is 10.5 Å². The van der Waals surface area contributed by atoms with Crippen molar-refractivity contribution in [1.29, 1.82) is 0 Å². The van der Waals surface area contributed by atoms with Gasteiger partial charge in [-0.05, 0) is 17.7 Å². The molecule has 0 spiro atoms.